The molecule has 1 N–H and O–H groups in total. The Kier molecular flexibility index (Phi) is 4.59. The standard InChI is InChI=1S/C20H25N3O2S/c1-26(24,25)23-12-8-20(9-13-23)14-19(17-4-2-3-5-18(17)20)22-15-16-6-10-21-11-7-16/h2-7,10-11,19,22H,8-9,12-15H2,1H3. The van der Waals surface area contributed by atoms with Crippen LogP contribution in [-0.2, 0) is 22.0 Å². The second-order valence-corrected chi connectivity index (χ2v) is 9.51. The lowest BCUT2D eigenvalue weighted by Gasteiger charge is -2.39. The molecule has 1 atom stereocenters. The quantitative estimate of drug-likeness (QED) is 0.897. The van der Waals surface area contributed by atoms with E-state index in [0.717, 1.165) is 25.8 Å². The van der Waals surface area contributed by atoms with Gasteiger partial charge >= 0.3 is 0 Å². The molecule has 5 nitrogen and oxygen atoms in total. The zero-order valence-corrected chi connectivity index (χ0v) is 15.9. The molecule has 0 radical (unpaired) electrons. The van der Waals surface area contributed by atoms with Crippen LogP contribution in [0, 0.1) is 0 Å². The van der Waals surface area contributed by atoms with E-state index in [2.05, 4.69) is 34.6 Å². The van der Waals surface area contributed by atoms with Crippen LogP contribution in [0.15, 0.2) is 48.8 Å². The smallest absolute Gasteiger partial charge is 0.211 e. The molecule has 1 fully saturated rings. The van der Waals surface area contributed by atoms with Crippen molar-refractivity contribution in [1.82, 2.24) is 14.6 Å². The second kappa shape index (κ2) is 6.76. The molecule has 0 amide bonds. The number of pyridine rings is 1. The summed E-state index contributed by atoms with van der Waals surface area (Å²) in [5.41, 5.74) is 4.09. The van der Waals surface area contributed by atoms with Crippen molar-refractivity contribution in [3.8, 4) is 0 Å². The molecule has 0 saturated carbocycles. The number of hydrogen-bond donors (Lipinski definition) is 1. The predicted molar refractivity (Wildman–Crippen MR) is 102 cm³/mol. The van der Waals surface area contributed by atoms with Crippen molar-refractivity contribution in [3.05, 3.63) is 65.5 Å². The normalized spacial score (nSPS) is 22.4. The molecule has 2 aromatic rings. The summed E-state index contributed by atoms with van der Waals surface area (Å²) in [7, 11) is -3.10. The number of aromatic nitrogens is 1. The first-order chi connectivity index (χ1) is 12.5. The third-order valence-electron chi connectivity index (χ3n) is 5.95. The molecule has 2 heterocycles. The minimum Gasteiger partial charge on any atom is -0.306 e. The van der Waals surface area contributed by atoms with E-state index in [9.17, 15) is 8.42 Å². The van der Waals surface area contributed by atoms with Gasteiger partial charge in [0, 0.05) is 38.1 Å². The van der Waals surface area contributed by atoms with Crippen LogP contribution in [0.3, 0.4) is 0 Å². The van der Waals surface area contributed by atoms with Gasteiger partial charge < -0.3 is 5.32 Å². The third-order valence-corrected chi connectivity index (χ3v) is 7.26. The second-order valence-electron chi connectivity index (χ2n) is 7.52. The average Bonchev–Trinajstić information content (AvgIpc) is 2.94. The Hall–Kier alpha value is -1.76. The van der Waals surface area contributed by atoms with Gasteiger partial charge in [0.2, 0.25) is 10.0 Å². The fourth-order valence-electron chi connectivity index (χ4n) is 4.54. The SMILES string of the molecule is CS(=O)(=O)N1CCC2(CC1)CC(NCc1ccncc1)c1ccccc12. The monoisotopic (exact) mass is 371 g/mol. The summed E-state index contributed by atoms with van der Waals surface area (Å²) in [6.45, 7) is 2.04. The summed E-state index contributed by atoms with van der Waals surface area (Å²) in [4.78, 5) is 4.07. The summed E-state index contributed by atoms with van der Waals surface area (Å²) in [5, 5.41) is 3.71. The Labute approximate surface area is 155 Å². The van der Waals surface area contributed by atoms with Crippen LogP contribution in [0.25, 0.3) is 0 Å². The Bertz CT molecular complexity index is 875. The van der Waals surface area contributed by atoms with E-state index < -0.39 is 10.0 Å². The Morgan fingerprint density at radius 1 is 1.15 bits per heavy atom. The van der Waals surface area contributed by atoms with Crippen LogP contribution in [-0.4, -0.2) is 37.1 Å². The van der Waals surface area contributed by atoms with E-state index in [4.69, 9.17) is 0 Å². The molecule has 1 spiro atoms. The van der Waals surface area contributed by atoms with Gasteiger partial charge in [0.15, 0.2) is 0 Å². The van der Waals surface area contributed by atoms with E-state index in [0.29, 0.717) is 19.1 Å². The average molecular weight is 372 g/mol. The van der Waals surface area contributed by atoms with Crippen molar-refractivity contribution < 1.29 is 8.42 Å². The molecule has 1 aromatic carbocycles. The highest BCUT2D eigenvalue weighted by atomic mass is 32.2. The Morgan fingerprint density at radius 2 is 1.85 bits per heavy atom. The van der Waals surface area contributed by atoms with Crippen LogP contribution >= 0.6 is 0 Å². The molecule has 1 saturated heterocycles. The number of nitrogens with zero attached hydrogens (tertiary/aromatic N) is 2. The topological polar surface area (TPSA) is 62.3 Å². The van der Waals surface area contributed by atoms with Gasteiger partial charge in [0.25, 0.3) is 0 Å². The van der Waals surface area contributed by atoms with Gasteiger partial charge in [-0.3, -0.25) is 4.98 Å². The maximum Gasteiger partial charge on any atom is 0.211 e. The molecule has 1 unspecified atom stereocenters. The van der Waals surface area contributed by atoms with Crippen molar-refractivity contribution in [2.75, 3.05) is 19.3 Å². The van der Waals surface area contributed by atoms with Crippen molar-refractivity contribution in [2.24, 2.45) is 0 Å². The van der Waals surface area contributed by atoms with Crippen LogP contribution in [0.1, 0.15) is 42.0 Å². The summed E-state index contributed by atoms with van der Waals surface area (Å²) in [6, 6.07) is 13.0. The maximum atomic E-state index is 11.9. The van der Waals surface area contributed by atoms with Gasteiger partial charge in [-0.2, -0.15) is 0 Å². The van der Waals surface area contributed by atoms with Crippen molar-refractivity contribution in [3.63, 3.8) is 0 Å². The maximum absolute atomic E-state index is 11.9. The fourth-order valence-corrected chi connectivity index (χ4v) is 5.38. The van der Waals surface area contributed by atoms with Crippen molar-refractivity contribution >= 4 is 10.0 Å². The minimum absolute atomic E-state index is 0.0910. The number of fused-ring (bicyclic) bond motifs is 2. The largest absolute Gasteiger partial charge is 0.306 e. The van der Waals surface area contributed by atoms with Gasteiger partial charge in [-0.15, -0.1) is 0 Å². The molecule has 6 heteroatoms. The molecular formula is C20H25N3O2S. The van der Waals surface area contributed by atoms with Crippen LogP contribution in [0.4, 0.5) is 0 Å². The molecule has 1 aliphatic carbocycles. The lowest BCUT2D eigenvalue weighted by Crippen LogP contribution is -2.44. The lowest BCUT2D eigenvalue weighted by atomic mass is 9.74. The van der Waals surface area contributed by atoms with Gasteiger partial charge in [-0.25, -0.2) is 12.7 Å². The summed E-state index contributed by atoms with van der Waals surface area (Å²) in [6.07, 6.45) is 7.78. The summed E-state index contributed by atoms with van der Waals surface area (Å²) >= 11 is 0. The van der Waals surface area contributed by atoms with Crippen molar-refractivity contribution in [2.45, 2.75) is 37.3 Å². The number of sulfonamides is 1. The zero-order valence-electron chi connectivity index (χ0n) is 15.1. The van der Waals surface area contributed by atoms with Crippen molar-refractivity contribution in [1.29, 1.82) is 0 Å². The van der Waals surface area contributed by atoms with Crippen LogP contribution in [0.5, 0.6) is 0 Å². The third kappa shape index (κ3) is 3.29. The van der Waals surface area contributed by atoms with Crippen LogP contribution in [0.2, 0.25) is 0 Å². The molecule has 2 aliphatic rings. The highest BCUT2D eigenvalue weighted by Crippen LogP contribution is 2.50. The molecule has 1 aromatic heterocycles. The van der Waals surface area contributed by atoms with E-state index in [1.54, 1.807) is 4.31 Å². The molecule has 26 heavy (non-hydrogen) atoms. The van der Waals surface area contributed by atoms with Gasteiger partial charge in [-0.1, -0.05) is 24.3 Å². The van der Waals surface area contributed by atoms with E-state index >= 15 is 0 Å². The van der Waals surface area contributed by atoms with Gasteiger partial charge in [0.05, 0.1) is 6.26 Å². The highest BCUT2D eigenvalue weighted by molar-refractivity contribution is 7.88. The first-order valence-electron chi connectivity index (χ1n) is 9.15. The fraction of sp³-hybridized carbons (Fsp3) is 0.450. The first kappa shape index (κ1) is 17.6. The Balaban J connectivity index is 1.54. The minimum atomic E-state index is -3.10. The number of nitrogens with one attached hydrogen (secondary N) is 1. The molecular weight excluding hydrogens is 346 g/mol. The van der Waals surface area contributed by atoms with Crippen LogP contribution < -0.4 is 5.32 Å². The summed E-state index contributed by atoms with van der Waals surface area (Å²) in [5.74, 6) is 0. The number of benzene rings is 1. The number of rotatable bonds is 4. The highest BCUT2D eigenvalue weighted by Gasteiger charge is 2.46. The summed E-state index contributed by atoms with van der Waals surface area (Å²) < 4.78 is 25.4. The molecule has 1 aliphatic heterocycles. The number of hydrogen-bond acceptors (Lipinski definition) is 4. The van der Waals surface area contributed by atoms with E-state index in [1.165, 1.54) is 22.9 Å². The molecule has 138 valence electrons. The molecule has 0 bridgehead atoms. The van der Waals surface area contributed by atoms with E-state index in [1.807, 2.05) is 24.5 Å². The molecule has 4 rings (SSSR count). The number of piperidine rings is 1. The predicted octanol–water partition coefficient (Wildman–Crippen LogP) is 2.61. The first-order valence-corrected chi connectivity index (χ1v) is 11.0. The lowest BCUT2D eigenvalue weighted by molar-refractivity contribution is 0.220. The Morgan fingerprint density at radius 3 is 2.54 bits per heavy atom. The van der Waals surface area contributed by atoms with Gasteiger partial charge in [0.1, 0.15) is 0 Å². The van der Waals surface area contributed by atoms with Gasteiger partial charge in [-0.05, 0) is 53.5 Å². The van der Waals surface area contributed by atoms with E-state index in [-0.39, 0.29) is 5.41 Å². The zero-order chi connectivity index (χ0) is 18.2.